The second-order valence-electron chi connectivity index (χ2n) is 5.77. The molecule has 0 fully saturated rings. The standard InChI is InChI=1S/C18H26N6/c1-3-9-24(10-8-19)16-6-4-15(5-7-16)22-23-18-13(2)11-14(20)12-17(18)21/h4-7,11-12H,3,8-10,19-21H2,1-2H3. The van der Waals surface area contributed by atoms with Crippen LogP contribution in [-0.2, 0) is 0 Å². The van der Waals surface area contributed by atoms with E-state index in [-0.39, 0.29) is 0 Å². The topological polar surface area (TPSA) is 106 Å². The minimum atomic E-state index is 0.532. The van der Waals surface area contributed by atoms with Crippen molar-refractivity contribution in [1.29, 1.82) is 0 Å². The van der Waals surface area contributed by atoms with E-state index in [1.807, 2.05) is 37.3 Å². The molecule has 0 spiro atoms. The highest BCUT2D eigenvalue weighted by Crippen LogP contribution is 2.31. The number of nitrogens with zero attached hydrogens (tertiary/aromatic N) is 3. The van der Waals surface area contributed by atoms with E-state index >= 15 is 0 Å². The fourth-order valence-electron chi connectivity index (χ4n) is 2.61. The van der Waals surface area contributed by atoms with Crippen LogP contribution in [0.15, 0.2) is 46.6 Å². The van der Waals surface area contributed by atoms with Gasteiger partial charge in [0.05, 0.1) is 11.4 Å². The van der Waals surface area contributed by atoms with Gasteiger partial charge in [-0.1, -0.05) is 6.92 Å². The van der Waals surface area contributed by atoms with E-state index in [0.717, 1.165) is 36.4 Å². The first-order chi connectivity index (χ1) is 11.5. The Labute approximate surface area is 143 Å². The second kappa shape index (κ2) is 8.31. The predicted molar refractivity (Wildman–Crippen MR) is 102 cm³/mol. The summed E-state index contributed by atoms with van der Waals surface area (Å²) in [4.78, 5) is 2.27. The average molecular weight is 326 g/mol. The van der Waals surface area contributed by atoms with Crippen LogP contribution in [0.25, 0.3) is 0 Å². The molecule has 0 radical (unpaired) electrons. The van der Waals surface area contributed by atoms with Crippen molar-refractivity contribution in [2.45, 2.75) is 20.3 Å². The van der Waals surface area contributed by atoms with Crippen LogP contribution < -0.4 is 22.1 Å². The molecule has 0 atom stereocenters. The molecule has 2 aromatic rings. The lowest BCUT2D eigenvalue weighted by Gasteiger charge is -2.23. The van der Waals surface area contributed by atoms with Gasteiger partial charge in [0.2, 0.25) is 0 Å². The van der Waals surface area contributed by atoms with Crippen molar-refractivity contribution in [3.05, 3.63) is 42.0 Å². The summed E-state index contributed by atoms with van der Waals surface area (Å²) in [5.74, 6) is 0. The predicted octanol–water partition coefficient (Wildman–Crippen LogP) is 3.75. The first-order valence-electron chi connectivity index (χ1n) is 8.17. The fraction of sp³-hybridized carbons (Fsp3) is 0.333. The Hall–Kier alpha value is -2.60. The highest BCUT2D eigenvalue weighted by atomic mass is 15.1. The molecule has 128 valence electrons. The van der Waals surface area contributed by atoms with Crippen LogP contribution in [0, 0.1) is 6.92 Å². The Morgan fingerprint density at radius 1 is 1.00 bits per heavy atom. The molecule has 6 heteroatoms. The van der Waals surface area contributed by atoms with E-state index in [1.54, 1.807) is 6.07 Å². The SMILES string of the molecule is CCCN(CCN)c1ccc(N=Nc2c(C)cc(N)cc2N)cc1. The Morgan fingerprint density at radius 3 is 2.29 bits per heavy atom. The summed E-state index contributed by atoms with van der Waals surface area (Å²) < 4.78 is 0. The normalized spacial score (nSPS) is 11.1. The van der Waals surface area contributed by atoms with Gasteiger partial charge in [0.15, 0.2) is 0 Å². The number of nitrogen functional groups attached to an aromatic ring is 2. The minimum absolute atomic E-state index is 0.532. The van der Waals surface area contributed by atoms with Gasteiger partial charge in [-0.2, -0.15) is 5.11 Å². The molecule has 2 rings (SSSR count). The third-order valence-corrected chi connectivity index (χ3v) is 3.73. The van der Waals surface area contributed by atoms with E-state index in [2.05, 4.69) is 22.1 Å². The van der Waals surface area contributed by atoms with E-state index < -0.39 is 0 Å². The van der Waals surface area contributed by atoms with E-state index in [1.165, 1.54) is 0 Å². The van der Waals surface area contributed by atoms with Gasteiger partial charge in [-0.25, -0.2) is 0 Å². The van der Waals surface area contributed by atoms with Gasteiger partial charge >= 0.3 is 0 Å². The number of rotatable bonds is 7. The Bertz CT molecular complexity index is 664. The molecule has 0 aliphatic heterocycles. The molecule has 6 nitrogen and oxygen atoms in total. The third kappa shape index (κ3) is 4.45. The molecular formula is C18H26N6. The summed E-state index contributed by atoms with van der Waals surface area (Å²) in [5, 5.41) is 8.56. The zero-order valence-corrected chi connectivity index (χ0v) is 14.4. The lowest BCUT2D eigenvalue weighted by Crippen LogP contribution is -2.29. The molecular weight excluding hydrogens is 300 g/mol. The number of hydrogen-bond donors (Lipinski definition) is 3. The number of benzene rings is 2. The van der Waals surface area contributed by atoms with Crippen LogP contribution in [0.2, 0.25) is 0 Å². The molecule has 0 heterocycles. The molecule has 0 aliphatic rings. The smallest absolute Gasteiger partial charge is 0.112 e. The van der Waals surface area contributed by atoms with Gasteiger partial charge < -0.3 is 22.1 Å². The maximum absolute atomic E-state index is 5.96. The van der Waals surface area contributed by atoms with Gasteiger partial charge in [-0.05, 0) is 55.3 Å². The van der Waals surface area contributed by atoms with Gasteiger partial charge in [0.1, 0.15) is 5.69 Å². The van der Waals surface area contributed by atoms with E-state index in [0.29, 0.717) is 23.6 Å². The van der Waals surface area contributed by atoms with Crippen LogP contribution in [0.5, 0.6) is 0 Å². The quantitative estimate of drug-likeness (QED) is 0.532. The molecule has 0 amide bonds. The molecule has 0 aliphatic carbocycles. The van der Waals surface area contributed by atoms with Crippen molar-refractivity contribution in [2.24, 2.45) is 16.0 Å². The van der Waals surface area contributed by atoms with Crippen LogP contribution in [0.1, 0.15) is 18.9 Å². The third-order valence-electron chi connectivity index (χ3n) is 3.73. The van der Waals surface area contributed by atoms with Crippen molar-refractivity contribution in [3.8, 4) is 0 Å². The Morgan fingerprint density at radius 2 is 1.71 bits per heavy atom. The largest absolute Gasteiger partial charge is 0.399 e. The van der Waals surface area contributed by atoms with Crippen molar-refractivity contribution < 1.29 is 0 Å². The number of anilines is 3. The first kappa shape index (κ1) is 17.7. The second-order valence-corrected chi connectivity index (χ2v) is 5.77. The number of aryl methyl sites for hydroxylation is 1. The molecule has 6 N–H and O–H groups in total. The molecule has 0 aromatic heterocycles. The highest BCUT2D eigenvalue weighted by Gasteiger charge is 2.05. The van der Waals surface area contributed by atoms with E-state index in [9.17, 15) is 0 Å². The fourth-order valence-corrected chi connectivity index (χ4v) is 2.61. The molecule has 0 saturated heterocycles. The van der Waals surface area contributed by atoms with Crippen molar-refractivity contribution in [1.82, 2.24) is 0 Å². The summed E-state index contributed by atoms with van der Waals surface area (Å²) in [6, 6.07) is 11.5. The van der Waals surface area contributed by atoms with Gasteiger partial charge in [-0.15, -0.1) is 5.11 Å². The average Bonchev–Trinajstić information content (AvgIpc) is 2.54. The number of nitrogens with two attached hydrogens (primary N) is 3. The minimum Gasteiger partial charge on any atom is -0.399 e. The summed E-state index contributed by atoms with van der Waals surface area (Å²) >= 11 is 0. The van der Waals surface area contributed by atoms with Gasteiger partial charge in [0, 0.05) is 31.0 Å². The lowest BCUT2D eigenvalue weighted by atomic mass is 10.1. The van der Waals surface area contributed by atoms with E-state index in [4.69, 9.17) is 17.2 Å². The maximum Gasteiger partial charge on any atom is 0.112 e. The molecule has 2 aromatic carbocycles. The summed E-state index contributed by atoms with van der Waals surface area (Å²) in [7, 11) is 0. The molecule has 24 heavy (non-hydrogen) atoms. The zero-order chi connectivity index (χ0) is 17.5. The summed E-state index contributed by atoms with van der Waals surface area (Å²) in [6.45, 7) is 6.54. The zero-order valence-electron chi connectivity index (χ0n) is 14.4. The van der Waals surface area contributed by atoms with Crippen molar-refractivity contribution in [3.63, 3.8) is 0 Å². The number of hydrogen-bond acceptors (Lipinski definition) is 6. The molecule has 0 bridgehead atoms. The van der Waals surface area contributed by atoms with Gasteiger partial charge in [0.25, 0.3) is 0 Å². The highest BCUT2D eigenvalue weighted by molar-refractivity contribution is 5.71. The number of azo groups is 1. The molecule has 0 unspecified atom stereocenters. The summed E-state index contributed by atoms with van der Waals surface area (Å²) in [5.41, 5.74) is 22.1. The Balaban J connectivity index is 2.17. The van der Waals surface area contributed by atoms with Crippen molar-refractivity contribution >= 4 is 28.4 Å². The Kier molecular flexibility index (Phi) is 6.14. The van der Waals surface area contributed by atoms with Crippen LogP contribution in [0.3, 0.4) is 0 Å². The van der Waals surface area contributed by atoms with Crippen molar-refractivity contribution in [2.75, 3.05) is 36.0 Å². The lowest BCUT2D eigenvalue weighted by molar-refractivity contribution is 0.762. The van der Waals surface area contributed by atoms with Gasteiger partial charge in [-0.3, -0.25) is 0 Å². The monoisotopic (exact) mass is 326 g/mol. The van der Waals surface area contributed by atoms with Crippen LogP contribution >= 0.6 is 0 Å². The summed E-state index contributed by atoms with van der Waals surface area (Å²) in [6.07, 6.45) is 1.08. The molecule has 0 saturated carbocycles. The van der Waals surface area contributed by atoms with Crippen LogP contribution in [-0.4, -0.2) is 19.6 Å². The first-order valence-corrected chi connectivity index (χ1v) is 8.17. The maximum atomic E-state index is 5.96. The van der Waals surface area contributed by atoms with Crippen LogP contribution in [0.4, 0.5) is 28.4 Å².